The standard InChI is InChI=1S/C16H16FNO3S2/c1-11-3-8-14(23(2,20)21)9-15(11)18-16(19)10-22-13-6-4-12(17)5-7-13/h3-9H,10H2,1-2H3,(H,18,19). The molecular formula is C16H16FNO3S2. The molecule has 122 valence electrons. The minimum absolute atomic E-state index is 0.147. The Balaban J connectivity index is 2.04. The van der Waals surface area contributed by atoms with Gasteiger partial charge < -0.3 is 5.32 Å². The number of carbonyl (C=O) groups is 1. The van der Waals surface area contributed by atoms with Crippen molar-refractivity contribution in [2.45, 2.75) is 16.7 Å². The molecule has 1 amide bonds. The maximum atomic E-state index is 12.8. The van der Waals surface area contributed by atoms with Crippen molar-refractivity contribution in [1.29, 1.82) is 0 Å². The van der Waals surface area contributed by atoms with Crippen molar-refractivity contribution in [1.82, 2.24) is 0 Å². The van der Waals surface area contributed by atoms with Gasteiger partial charge in [-0.25, -0.2) is 12.8 Å². The molecule has 7 heteroatoms. The number of hydrogen-bond acceptors (Lipinski definition) is 4. The topological polar surface area (TPSA) is 63.2 Å². The van der Waals surface area contributed by atoms with Crippen molar-refractivity contribution in [3.05, 3.63) is 53.8 Å². The molecule has 0 radical (unpaired) electrons. The molecule has 0 unspecified atom stereocenters. The lowest BCUT2D eigenvalue weighted by molar-refractivity contribution is -0.113. The minimum atomic E-state index is -3.33. The van der Waals surface area contributed by atoms with Crippen molar-refractivity contribution in [2.75, 3.05) is 17.3 Å². The quantitative estimate of drug-likeness (QED) is 0.838. The monoisotopic (exact) mass is 353 g/mol. The Kier molecular flexibility index (Phi) is 5.43. The van der Waals surface area contributed by atoms with E-state index in [4.69, 9.17) is 0 Å². The highest BCUT2D eigenvalue weighted by Crippen LogP contribution is 2.22. The number of halogens is 1. The molecule has 0 aliphatic carbocycles. The summed E-state index contributed by atoms with van der Waals surface area (Å²) in [5.74, 6) is -0.436. The van der Waals surface area contributed by atoms with Gasteiger partial charge in [-0.3, -0.25) is 4.79 Å². The van der Waals surface area contributed by atoms with Crippen LogP contribution in [0.15, 0.2) is 52.3 Å². The number of amides is 1. The number of thioether (sulfide) groups is 1. The molecule has 4 nitrogen and oxygen atoms in total. The number of rotatable bonds is 5. The zero-order valence-corrected chi connectivity index (χ0v) is 14.3. The molecular weight excluding hydrogens is 337 g/mol. The highest BCUT2D eigenvalue weighted by Gasteiger charge is 2.11. The lowest BCUT2D eigenvalue weighted by atomic mass is 10.2. The summed E-state index contributed by atoms with van der Waals surface area (Å²) in [5.41, 5.74) is 1.25. The molecule has 0 aliphatic heterocycles. The molecule has 0 atom stereocenters. The molecule has 23 heavy (non-hydrogen) atoms. The SMILES string of the molecule is Cc1ccc(S(C)(=O)=O)cc1NC(=O)CSc1ccc(F)cc1. The van der Waals surface area contributed by atoms with Crippen molar-refractivity contribution in [3.63, 3.8) is 0 Å². The van der Waals surface area contributed by atoms with E-state index in [1.54, 1.807) is 25.1 Å². The van der Waals surface area contributed by atoms with Gasteiger partial charge >= 0.3 is 0 Å². The van der Waals surface area contributed by atoms with Gasteiger partial charge in [0.25, 0.3) is 0 Å². The molecule has 0 aliphatic rings. The van der Waals surface area contributed by atoms with Crippen molar-refractivity contribution < 1.29 is 17.6 Å². The van der Waals surface area contributed by atoms with E-state index in [0.29, 0.717) is 5.69 Å². The fraction of sp³-hybridized carbons (Fsp3) is 0.188. The molecule has 2 rings (SSSR count). The predicted molar refractivity (Wildman–Crippen MR) is 90.0 cm³/mol. The Morgan fingerprint density at radius 3 is 2.43 bits per heavy atom. The number of sulfone groups is 1. The van der Waals surface area contributed by atoms with Gasteiger partial charge in [0.05, 0.1) is 10.6 Å². The summed E-state index contributed by atoms with van der Waals surface area (Å²) in [6, 6.07) is 10.5. The average molecular weight is 353 g/mol. The van der Waals surface area contributed by atoms with Gasteiger partial charge in [-0.15, -0.1) is 11.8 Å². The third-order valence-electron chi connectivity index (χ3n) is 3.09. The second-order valence-corrected chi connectivity index (χ2v) is 8.10. The summed E-state index contributed by atoms with van der Waals surface area (Å²) >= 11 is 1.28. The number of nitrogens with one attached hydrogen (secondary N) is 1. The molecule has 0 saturated heterocycles. The van der Waals surface area contributed by atoms with Gasteiger partial charge in [0, 0.05) is 16.8 Å². The van der Waals surface area contributed by atoms with Crippen LogP contribution < -0.4 is 5.32 Å². The third-order valence-corrected chi connectivity index (χ3v) is 5.22. The Labute approximate surface area is 139 Å². The molecule has 2 aromatic carbocycles. The van der Waals surface area contributed by atoms with Crippen LogP contribution in [0.4, 0.5) is 10.1 Å². The first kappa shape index (κ1) is 17.5. The molecule has 0 bridgehead atoms. The number of benzene rings is 2. The second-order valence-electron chi connectivity index (χ2n) is 5.04. The van der Waals surface area contributed by atoms with Crippen LogP contribution in [0.1, 0.15) is 5.56 Å². The number of hydrogen-bond donors (Lipinski definition) is 1. The Hall–Kier alpha value is -1.86. The van der Waals surface area contributed by atoms with Crippen LogP contribution in [0.2, 0.25) is 0 Å². The second kappa shape index (κ2) is 7.14. The zero-order chi connectivity index (χ0) is 17.0. The van der Waals surface area contributed by atoms with Crippen molar-refractivity contribution in [2.24, 2.45) is 0 Å². The van der Waals surface area contributed by atoms with Crippen LogP contribution in [0.25, 0.3) is 0 Å². The maximum Gasteiger partial charge on any atom is 0.234 e. The highest BCUT2D eigenvalue weighted by molar-refractivity contribution is 8.00. The van der Waals surface area contributed by atoms with E-state index in [9.17, 15) is 17.6 Å². The van der Waals surface area contributed by atoms with E-state index in [1.807, 2.05) is 0 Å². The summed E-state index contributed by atoms with van der Waals surface area (Å²) in [6.45, 7) is 1.79. The van der Waals surface area contributed by atoms with Crippen LogP contribution in [0, 0.1) is 12.7 Å². The zero-order valence-electron chi connectivity index (χ0n) is 12.7. The molecule has 2 aromatic rings. The Morgan fingerprint density at radius 2 is 1.83 bits per heavy atom. The lowest BCUT2D eigenvalue weighted by Gasteiger charge is -2.10. The molecule has 0 saturated carbocycles. The van der Waals surface area contributed by atoms with Crippen LogP contribution >= 0.6 is 11.8 Å². The van der Waals surface area contributed by atoms with Crippen LogP contribution in [0.3, 0.4) is 0 Å². The average Bonchev–Trinajstić information content (AvgIpc) is 2.48. The summed E-state index contributed by atoms with van der Waals surface area (Å²) in [4.78, 5) is 12.9. The van der Waals surface area contributed by atoms with Crippen LogP contribution in [-0.2, 0) is 14.6 Å². The molecule has 0 aromatic heterocycles. The summed E-state index contributed by atoms with van der Waals surface area (Å²) in [5, 5.41) is 2.71. The highest BCUT2D eigenvalue weighted by atomic mass is 32.2. The maximum absolute atomic E-state index is 12.8. The summed E-state index contributed by atoms with van der Waals surface area (Å²) < 4.78 is 36.0. The lowest BCUT2D eigenvalue weighted by Crippen LogP contribution is -2.15. The fourth-order valence-electron chi connectivity index (χ4n) is 1.83. The summed E-state index contributed by atoms with van der Waals surface area (Å²) in [6.07, 6.45) is 1.12. The van der Waals surface area contributed by atoms with Crippen molar-refractivity contribution >= 4 is 33.2 Å². The number of carbonyl (C=O) groups excluding carboxylic acids is 1. The smallest absolute Gasteiger partial charge is 0.234 e. The van der Waals surface area contributed by atoms with Gasteiger partial charge in [-0.2, -0.15) is 0 Å². The third kappa shape index (κ3) is 5.07. The Bertz CT molecular complexity index is 818. The van der Waals surface area contributed by atoms with E-state index in [1.165, 1.54) is 36.0 Å². The first-order valence-electron chi connectivity index (χ1n) is 6.74. The van der Waals surface area contributed by atoms with Gasteiger partial charge in [-0.1, -0.05) is 6.07 Å². The van der Waals surface area contributed by atoms with E-state index < -0.39 is 9.84 Å². The molecule has 0 spiro atoms. The van der Waals surface area contributed by atoms with Gasteiger partial charge in [-0.05, 0) is 48.9 Å². The summed E-state index contributed by atoms with van der Waals surface area (Å²) in [7, 11) is -3.33. The fourth-order valence-corrected chi connectivity index (χ4v) is 3.18. The normalized spacial score (nSPS) is 11.3. The van der Waals surface area contributed by atoms with Crippen LogP contribution in [0.5, 0.6) is 0 Å². The molecule has 0 heterocycles. The molecule has 0 fully saturated rings. The largest absolute Gasteiger partial charge is 0.325 e. The minimum Gasteiger partial charge on any atom is -0.325 e. The predicted octanol–water partition coefficient (Wildman–Crippen LogP) is 3.27. The van der Waals surface area contributed by atoms with E-state index in [2.05, 4.69) is 5.32 Å². The number of anilines is 1. The molecule has 1 N–H and O–H groups in total. The first-order chi connectivity index (χ1) is 10.8. The number of aryl methyl sites for hydroxylation is 1. The van der Waals surface area contributed by atoms with E-state index >= 15 is 0 Å². The van der Waals surface area contributed by atoms with Gasteiger partial charge in [0.15, 0.2) is 9.84 Å². The van der Waals surface area contributed by atoms with Crippen molar-refractivity contribution in [3.8, 4) is 0 Å². The first-order valence-corrected chi connectivity index (χ1v) is 9.62. The van der Waals surface area contributed by atoms with Gasteiger partial charge in [0.2, 0.25) is 5.91 Å². The Morgan fingerprint density at radius 1 is 1.17 bits per heavy atom. The van der Waals surface area contributed by atoms with Gasteiger partial charge in [0.1, 0.15) is 5.82 Å². The van der Waals surface area contributed by atoms with Crippen LogP contribution in [-0.4, -0.2) is 26.3 Å². The van der Waals surface area contributed by atoms with E-state index in [-0.39, 0.29) is 22.4 Å². The van der Waals surface area contributed by atoms with E-state index in [0.717, 1.165) is 16.7 Å².